The first kappa shape index (κ1) is 16.8. The lowest BCUT2D eigenvalue weighted by atomic mass is 9.82. The summed E-state index contributed by atoms with van der Waals surface area (Å²) >= 11 is 5.99. The fourth-order valence-electron chi connectivity index (χ4n) is 1.70. The van der Waals surface area contributed by atoms with Crippen molar-refractivity contribution >= 4 is 23.2 Å². The Kier molecular flexibility index (Phi) is 5.88. The van der Waals surface area contributed by atoms with Crippen LogP contribution in [0.4, 0.5) is 5.69 Å². The van der Waals surface area contributed by atoms with Gasteiger partial charge in [-0.3, -0.25) is 4.79 Å². The Bertz CT molecular complexity index is 466. The molecule has 1 rings (SSSR count). The van der Waals surface area contributed by atoms with E-state index in [4.69, 9.17) is 11.6 Å². The normalized spacial score (nSPS) is 12.9. The molecule has 0 aliphatic heterocycles. The summed E-state index contributed by atoms with van der Waals surface area (Å²) < 4.78 is 0. The van der Waals surface area contributed by atoms with Crippen molar-refractivity contribution in [1.82, 2.24) is 5.32 Å². The largest absolute Gasteiger partial charge is 0.385 e. The summed E-state index contributed by atoms with van der Waals surface area (Å²) in [5, 5.41) is 6.75. The molecular weight excluding hydrogens is 272 g/mol. The lowest BCUT2D eigenvalue weighted by Crippen LogP contribution is -2.34. The highest BCUT2D eigenvalue weighted by Crippen LogP contribution is 2.25. The molecular formula is C16H25ClN2O. The summed E-state index contributed by atoms with van der Waals surface area (Å²) in [5.41, 5.74) is 1.59. The van der Waals surface area contributed by atoms with Crippen LogP contribution in [0.5, 0.6) is 0 Å². The second-order valence-electron chi connectivity index (χ2n) is 6.20. The smallest absolute Gasteiger partial charge is 0.253 e. The zero-order chi connectivity index (χ0) is 15.3. The average molecular weight is 297 g/mol. The van der Waals surface area contributed by atoms with Crippen molar-refractivity contribution in [3.63, 3.8) is 0 Å². The van der Waals surface area contributed by atoms with Crippen LogP contribution in [0.15, 0.2) is 18.2 Å². The molecule has 0 fully saturated rings. The van der Waals surface area contributed by atoms with Gasteiger partial charge in [-0.2, -0.15) is 0 Å². The van der Waals surface area contributed by atoms with Crippen LogP contribution in [0.1, 0.15) is 45.0 Å². The van der Waals surface area contributed by atoms with Gasteiger partial charge in [-0.1, -0.05) is 39.3 Å². The maximum Gasteiger partial charge on any atom is 0.253 e. The minimum absolute atomic E-state index is 0.0837. The average Bonchev–Trinajstić information content (AvgIpc) is 2.36. The van der Waals surface area contributed by atoms with E-state index in [0.717, 1.165) is 12.2 Å². The molecule has 1 amide bonds. The summed E-state index contributed by atoms with van der Waals surface area (Å²) in [6.07, 6.45) is 0. The lowest BCUT2D eigenvalue weighted by Gasteiger charge is -2.27. The highest BCUT2D eigenvalue weighted by atomic mass is 35.5. The fourth-order valence-corrected chi connectivity index (χ4v) is 1.87. The van der Waals surface area contributed by atoms with Gasteiger partial charge in [0.15, 0.2) is 0 Å². The number of rotatable bonds is 5. The van der Waals surface area contributed by atoms with Crippen LogP contribution < -0.4 is 10.6 Å². The molecule has 0 bridgehead atoms. The van der Waals surface area contributed by atoms with Crippen LogP contribution in [0.25, 0.3) is 0 Å². The van der Waals surface area contributed by atoms with E-state index in [9.17, 15) is 4.79 Å². The summed E-state index contributed by atoms with van der Waals surface area (Å²) in [5.74, 6) is 0.313. The number of anilines is 1. The zero-order valence-electron chi connectivity index (χ0n) is 13.0. The number of amides is 1. The maximum atomic E-state index is 12.3. The second-order valence-corrected chi connectivity index (χ2v) is 6.63. The Balaban J connectivity index is 2.79. The van der Waals surface area contributed by atoms with Crippen molar-refractivity contribution in [1.29, 1.82) is 0 Å². The number of benzene rings is 1. The first-order valence-electron chi connectivity index (χ1n) is 7.07. The molecule has 0 heterocycles. The molecule has 2 N–H and O–H groups in total. The maximum absolute atomic E-state index is 12.3. The third kappa shape index (κ3) is 4.71. The molecule has 0 saturated heterocycles. The van der Waals surface area contributed by atoms with Gasteiger partial charge in [-0.25, -0.2) is 0 Å². The van der Waals surface area contributed by atoms with Crippen molar-refractivity contribution in [3.05, 3.63) is 28.8 Å². The first-order chi connectivity index (χ1) is 9.25. The van der Waals surface area contributed by atoms with E-state index in [1.807, 2.05) is 13.0 Å². The molecule has 1 unspecified atom stereocenters. The second kappa shape index (κ2) is 6.98. The lowest BCUT2D eigenvalue weighted by molar-refractivity contribution is 0.0938. The van der Waals surface area contributed by atoms with E-state index in [1.54, 1.807) is 12.1 Å². The standard InChI is InChI=1S/C16H25ClN2O/c1-6-18-14-8-7-12(17)9-13(14)15(20)19-10-11(2)16(3,4)5/h7-9,11,18H,6,10H2,1-5H3,(H,19,20). The molecule has 112 valence electrons. The molecule has 20 heavy (non-hydrogen) atoms. The highest BCUT2D eigenvalue weighted by molar-refractivity contribution is 6.31. The van der Waals surface area contributed by atoms with Crippen molar-refractivity contribution in [3.8, 4) is 0 Å². The van der Waals surface area contributed by atoms with E-state index >= 15 is 0 Å². The van der Waals surface area contributed by atoms with Gasteiger partial charge in [0.25, 0.3) is 5.91 Å². The van der Waals surface area contributed by atoms with E-state index in [0.29, 0.717) is 23.0 Å². The van der Waals surface area contributed by atoms with Gasteiger partial charge in [-0.15, -0.1) is 0 Å². The third-order valence-corrected chi connectivity index (χ3v) is 3.88. The molecule has 4 heteroatoms. The summed E-state index contributed by atoms with van der Waals surface area (Å²) in [6, 6.07) is 5.33. The van der Waals surface area contributed by atoms with Gasteiger partial charge in [0, 0.05) is 23.8 Å². The van der Waals surface area contributed by atoms with Gasteiger partial charge in [0.1, 0.15) is 0 Å². The number of hydrogen-bond acceptors (Lipinski definition) is 2. The topological polar surface area (TPSA) is 41.1 Å². The number of carbonyl (C=O) groups excluding carboxylic acids is 1. The van der Waals surface area contributed by atoms with Gasteiger partial charge in [0.2, 0.25) is 0 Å². The number of nitrogens with one attached hydrogen (secondary N) is 2. The Morgan fingerprint density at radius 3 is 2.55 bits per heavy atom. The van der Waals surface area contributed by atoms with Crippen molar-refractivity contribution < 1.29 is 4.79 Å². The predicted octanol–water partition coefficient (Wildman–Crippen LogP) is 4.18. The van der Waals surface area contributed by atoms with E-state index < -0.39 is 0 Å². The van der Waals surface area contributed by atoms with Crippen LogP contribution in [-0.4, -0.2) is 19.0 Å². The predicted molar refractivity (Wildman–Crippen MR) is 86.6 cm³/mol. The molecule has 0 aliphatic carbocycles. The Morgan fingerprint density at radius 2 is 2.00 bits per heavy atom. The molecule has 1 atom stereocenters. The van der Waals surface area contributed by atoms with Gasteiger partial charge in [-0.05, 0) is 36.5 Å². The van der Waals surface area contributed by atoms with Gasteiger partial charge in [0.05, 0.1) is 5.56 Å². The summed E-state index contributed by atoms with van der Waals surface area (Å²) in [7, 11) is 0. The Hall–Kier alpha value is -1.22. The monoisotopic (exact) mass is 296 g/mol. The SMILES string of the molecule is CCNc1ccc(Cl)cc1C(=O)NCC(C)C(C)(C)C. The van der Waals surface area contributed by atoms with E-state index in [1.165, 1.54) is 0 Å². The fraction of sp³-hybridized carbons (Fsp3) is 0.562. The van der Waals surface area contributed by atoms with Crippen molar-refractivity contribution in [2.45, 2.75) is 34.6 Å². The van der Waals surface area contributed by atoms with Crippen molar-refractivity contribution in [2.75, 3.05) is 18.4 Å². The molecule has 1 aromatic carbocycles. The molecule has 0 radical (unpaired) electrons. The number of carbonyl (C=O) groups is 1. The Labute approximate surface area is 127 Å². The minimum Gasteiger partial charge on any atom is -0.385 e. The highest BCUT2D eigenvalue weighted by Gasteiger charge is 2.21. The van der Waals surface area contributed by atoms with Crippen molar-refractivity contribution in [2.24, 2.45) is 11.3 Å². The zero-order valence-corrected chi connectivity index (χ0v) is 13.8. The van der Waals surface area contributed by atoms with Crippen LogP contribution in [0.2, 0.25) is 5.02 Å². The van der Waals surface area contributed by atoms with Crippen LogP contribution in [0.3, 0.4) is 0 Å². The summed E-state index contributed by atoms with van der Waals surface area (Å²) in [6.45, 7) is 12.1. The minimum atomic E-state index is -0.0837. The van der Waals surface area contributed by atoms with Gasteiger partial charge >= 0.3 is 0 Å². The molecule has 1 aromatic rings. The van der Waals surface area contributed by atoms with Gasteiger partial charge < -0.3 is 10.6 Å². The number of hydrogen-bond donors (Lipinski definition) is 2. The Morgan fingerprint density at radius 1 is 1.35 bits per heavy atom. The molecule has 3 nitrogen and oxygen atoms in total. The van der Waals surface area contributed by atoms with E-state index in [-0.39, 0.29) is 11.3 Å². The van der Waals surface area contributed by atoms with Crippen LogP contribution in [-0.2, 0) is 0 Å². The molecule has 0 spiro atoms. The third-order valence-electron chi connectivity index (χ3n) is 3.64. The van der Waals surface area contributed by atoms with Crippen LogP contribution in [0, 0.1) is 11.3 Å². The quantitative estimate of drug-likeness (QED) is 0.855. The number of halogens is 1. The molecule has 0 aromatic heterocycles. The first-order valence-corrected chi connectivity index (χ1v) is 7.45. The van der Waals surface area contributed by atoms with Crippen LogP contribution >= 0.6 is 11.6 Å². The van der Waals surface area contributed by atoms with E-state index in [2.05, 4.69) is 38.3 Å². The molecule has 0 saturated carbocycles. The molecule has 0 aliphatic rings. The summed E-state index contributed by atoms with van der Waals surface area (Å²) in [4.78, 5) is 12.3.